The minimum Gasteiger partial charge on any atom is -0.445 e. The zero-order valence-corrected chi connectivity index (χ0v) is 14.8. The Hall–Kier alpha value is -3.06. The van der Waals surface area contributed by atoms with Gasteiger partial charge in [0.05, 0.1) is 19.3 Å². The summed E-state index contributed by atoms with van der Waals surface area (Å²) < 4.78 is 16.0. The lowest BCUT2D eigenvalue weighted by atomic mass is 10.2. The van der Waals surface area contributed by atoms with Crippen molar-refractivity contribution in [2.45, 2.75) is 25.4 Å². The van der Waals surface area contributed by atoms with Gasteiger partial charge in [0.1, 0.15) is 12.7 Å². The number of carbonyl (C=O) groups is 2. The first-order chi connectivity index (χ1) is 13.2. The molecule has 7 heteroatoms. The molecular formula is C20H22N2O5. The molecule has 0 bridgehead atoms. The Bertz CT molecular complexity index is 739. The fraction of sp³-hybridized carbons (Fsp3) is 0.300. The molecule has 1 heterocycles. The molecule has 0 radical (unpaired) electrons. The molecule has 2 N–H and O–H groups in total. The van der Waals surface area contributed by atoms with Crippen LogP contribution in [0.4, 0.5) is 9.59 Å². The molecule has 1 saturated heterocycles. The smallest absolute Gasteiger partial charge is 0.407 e. The summed E-state index contributed by atoms with van der Waals surface area (Å²) in [6.07, 6.45) is -1.55. The van der Waals surface area contributed by atoms with Gasteiger partial charge in [0.25, 0.3) is 0 Å². The Morgan fingerprint density at radius 1 is 1.00 bits per heavy atom. The number of cyclic esters (lactones) is 1. The Balaban J connectivity index is 1.39. The largest absolute Gasteiger partial charge is 0.445 e. The highest BCUT2D eigenvalue weighted by molar-refractivity contribution is 5.71. The molecular weight excluding hydrogens is 348 g/mol. The van der Waals surface area contributed by atoms with Crippen LogP contribution in [0.2, 0.25) is 0 Å². The molecule has 7 nitrogen and oxygen atoms in total. The van der Waals surface area contributed by atoms with Crippen LogP contribution < -0.4 is 10.6 Å². The van der Waals surface area contributed by atoms with Crippen LogP contribution in [0.1, 0.15) is 11.1 Å². The molecule has 142 valence electrons. The summed E-state index contributed by atoms with van der Waals surface area (Å²) in [6, 6.07) is 18.7. The molecule has 3 rings (SSSR count). The minimum atomic E-state index is -0.552. The highest BCUT2D eigenvalue weighted by Gasteiger charge is 2.34. The van der Waals surface area contributed by atoms with E-state index in [9.17, 15) is 9.59 Å². The second-order valence-electron chi connectivity index (χ2n) is 6.14. The third-order valence-corrected chi connectivity index (χ3v) is 4.08. The van der Waals surface area contributed by atoms with Crippen molar-refractivity contribution < 1.29 is 23.8 Å². The molecule has 1 aliphatic heterocycles. The van der Waals surface area contributed by atoms with Gasteiger partial charge in [0.15, 0.2) is 0 Å². The van der Waals surface area contributed by atoms with Gasteiger partial charge < -0.3 is 24.8 Å². The molecule has 0 unspecified atom stereocenters. The van der Waals surface area contributed by atoms with Crippen molar-refractivity contribution in [2.75, 3.05) is 13.2 Å². The molecule has 0 aliphatic carbocycles. The van der Waals surface area contributed by atoms with E-state index < -0.39 is 18.3 Å². The Morgan fingerprint density at radius 3 is 2.30 bits per heavy atom. The summed E-state index contributed by atoms with van der Waals surface area (Å²) in [6.45, 7) is 1.04. The lowest BCUT2D eigenvalue weighted by molar-refractivity contribution is 0.0272. The summed E-state index contributed by atoms with van der Waals surface area (Å²) in [5, 5.41) is 5.31. The van der Waals surface area contributed by atoms with Crippen molar-refractivity contribution in [3.05, 3.63) is 71.8 Å². The van der Waals surface area contributed by atoms with Crippen molar-refractivity contribution in [3.8, 4) is 0 Å². The second-order valence-corrected chi connectivity index (χ2v) is 6.14. The first kappa shape index (κ1) is 18.7. The van der Waals surface area contributed by atoms with E-state index in [1.54, 1.807) is 0 Å². The third kappa shape index (κ3) is 6.00. The van der Waals surface area contributed by atoms with Gasteiger partial charge in [0, 0.05) is 6.54 Å². The third-order valence-electron chi connectivity index (χ3n) is 4.08. The number of amides is 2. The topological polar surface area (TPSA) is 85.9 Å². The van der Waals surface area contributed by atoms with Crippen LogP contribution in [0.3, 0.4) is 0 Å². The van der Waals surface area contributed by atoms with E-state index >= 15 is 0 Å². The van der Waals surface area contributed by atoms with Crippen LogP contribution in [-0.4, -0.2) is 37.5 Å². The lowest BCUT2D eigenvalue weighted by Gasteiger charge is -2.17. The van der Waals surface area contributed by atoms with Gasteiger partial charge in [-0.1, -0.05) is 60.7 Å². The number of carbonyl (C=O) groups excluding carboxylic acids is 2. The summed E-state index contributed by atoms with van der Waals surface area (Å²) in [5.74, 6) is 0. The predicted octanol–water partition coefficient (Wildman–Crippen LogP) is 2.61. The van der Waals surface area contributed by atoms with E-state index in [-0.39, 0.29) is 25.8 Å². The predicted molar refractivity (Wildman–Crippen MR) is 97.9 cm³/mol. The van der Waals surface area contributed by atoms with Gasteiger partial charge in [-0.2, -0.15) is 0 Å². The number of hydrogen-bond acceptors (Lipinski definition) is 5. The van der Waals surface area contributed by atoms with Gasteiger partial charge in [-0.25, -0.2) is 9.59 Å². The maximum absolute atomic E-state index is 11.8. The zero-order chi connectivity index (χ0) is 18.9. The SMILES string of the molecule is O=C(NC[C@H]1NC(=O)O[C@@H]1COCc1ccccc1)OCc1ccccc1. The van der Waals surface area contributed by atoms with Gasteiger partial charge in [-0.05, 0) is 11.1 Å². The number of alkyl carbamates (subject to hydrolysis) is 2. The summed E-state index contributed by atoms with van der Waals surface area (Å²) in [7, 11) is 0. The molecule has 0 spiro atoms. The molecule has 0 saturated carbocycles. The average molecular weight is 370 g/mol. The molecule has 0 aromatic heterocycles. The van der Waals surface area contributed by atoms with Gasteiger partial charge in [-0.15, -0.1) is 0 Å². The monoisotopic (exact) mass is 370 g/mol. The maximum atomic E-state index is 11.8. The number of nitrogens with one attached hydrogen (secondary N) is 2. The lowest BCUT2D eigenvalue weighted by Crippen LogP contribution is -2.44. The minimum absolute atomic E-state index is 0.184. The van der Waals surface area contributed by atoms with Crippen LogP contribution in [0.25, 0.3) is 0 Å². The summed E-state index contributed by atoms with van der Waals surface area (Å²) in [5.41, 5.74) is 1.94. The Morgan fingerprint density at radius 2 is 1.63 bits per heavy atom. The van der Waals surface area contributed by atoms with Gasteiger partial charge >= 0.3 is 12.2 Å². The second kappa shape index (κ2) is 9.59. The maximum Gasteiger partial charge on any atom is 0.407 e. The molecule has 2 aromatic carbocycles. The van der Waals surface area contributed by atoms with E-state index in [1.807, 2.05) is 60.7 Å². The number of hydrogen-bond donors (Lipinski definition) is 2. The molecule has 1 aliphatic rings. The van der Waals surface area contributed by atoms with Crippen LogP contribution in [-0.2, 0) is 27.4 Å². The fourth-order valence-corrected chi connectivity index (χ4v) is 2.67. The van der Waals surface area contributed by atoms with Crippen LogP contribution in [0.15, 0.2) is 60.7 Å². The van der Waals surface area contributed by atoms with Crippen molar-refractivity contribution in [1.29, 1.82) is 0 Å². The van der Waals surface area contributed by atoms with E-state index in [0.29, 0.717) is 6.61 Å². The summed E-state index contributed by atoms with van der Waals surface area (Å²) >= 11 is 0. The van der Waals surface area contributed by atoms with Gasteiger partial charge in [0.2, 0.25) is 0 Å². The van der Waals surface area contributed by atoms with Crippen molar-refractivity contribution >= 4 is 12.2 Å². The van der Waals surface area contributed by atoms with E-state index in [4.69, 9.17) is 14.2 Å². The summed E-state index contributed by atoms with van der Waals surface area (Å²) in [4.78, 5) is 23.4. The quantitative estimate of drug-likeness (QED) is 0.746. The molecule has 2 aromatic rings. The first-order valence-corrected chi connectivity index (χ1v) is 8.74. The molecule has 1 fully saturated rings. The first-order valence-electron chi connectivity index (χ1n) is 8.74. The molecule has 2 atom stereocenters. The standard InChI is InChI=1S/C20H22N2O5/c23-19(26-13-16-9-5-2-6-10-16)21-11-17-18(27-20(24)22-17)14-25-12-15-7-3-1-4-8-15/h1-10,17-18H,11-14H2,(H,21,23)(H,22,24)/t17-,18-/m1/s1. The average Bonchev–Trinajstić information content (AvgIpc) is 3.06. The number of benzene rings is 2. The number of ether oxygens (including phenoxy) is 3. The van der Waals surface area contributed by atoms with E-state index in [1.165, 1.54) is 0 Å². The Kier molecular flexibility index (Phi) is 6.65. The fourth-order valence-electron chi connectivity index (χ4n) is 2.67. The van der Waals surface area contributed by atoms with Crippen molar-refractivity contribution in [1.82, 2.24) is 10.6 Å². The molecule has 27 heavy (non-hydrogen) atoms. The highest BCUT2D eigenvalue weighted by Crippen LogP contribution is 2.11. The van der Waals surface area contributed by atoms with Crippen LogP contribution in [0.5, 0.6) is 0 Å². The van der Waals surface area contributed by atoms with Crippen LogP contribution in [0, 0.1) is 0 Å². The normalized spacial score (nSPS) is 18.4. The highest BCUT2D eigenvalue weighted by atomic mass is 16.6. The zero-order valence-electron chi connectivity index (χ0n) is 14.8. The Labute approximate surface area is 157 Å². The van der Waals surface area contributed by atoms with Crippen molar-refractivity contribution in [2.24, 2.45) is 0 Å². The number of rotatable bonds is 8. The van der Waals surface area contributed by atoms with E-state index in [2.05, 4.69) is 10.6 Å². The van der Waals surface area contributed by atoms with Crippen molar-refractivity contribution in [3.63, 3.8) is 0 Å². The van der Waals surface area contributed by atoms with Crippen LogP contribution >= 0.6 is 0 Å². The molecule has 2 amide bonds. The van der Waals surface area contributed by atoms with E-state index in [0.717, 1.165) is 11.1 Å². The van der Waals surface area contributed by atoms with Gasteiger partial charge in [-0.3, -0.25) is 0 Å².